The summed E-state index contributed by atoms with van der Waals surface area (Å²) in [4.78, 5) is 6.99. The third-order valence-electron chi connectivity index (χ3n) is 8.98. The number of benzene rings is 4. The highest BCUT2D eigenvalue weighted by molar-refractivity contribution is 5.85. The summed E-state index contributed by atoms with van der Waals surface area (Å²) in [6.45, 7) is 14.5. The van der Waals surface area contributed by atoms with Gasteiger partial charge >= 0.3 is 0 Å². The first kappa shape index (κ1) is 27.4. The van der Waals surface area contributed by atoms with Crippen molar-refractivity contribution in [3.63, 3.8) is 0 Å². The molecule has 0 aliphatic carbocycles. The number of hydrogen-bond acceptors (Lipinski definition) is 3. The molecule has 4 aromatic carbocycles. The van der Waals surface area contributed by atoms with Gasteiger partial charge in [0.15, 0.2) is 18.0 Å². The second kappa shape index (κ2) is 9.80. The fraction of sp³-hybridized carbons (Fsp3) is 0.211. The van der Waals surface area contributed by atoms with E-state index in [0.29, 0.717) is 0 Å². The number of nitrogens with zero attached hydrogens (tertiary/aromatic N) is 4. The van der Waals surface area contributed by atoms with Crippen LogP contribution in [-0.4, -0.2) is 18.7 Å². The van der Waals surface area contributed by atoms with Gasteiger partial charge in [-0.3, -0.25) is 9.38 Å². The maximum atomic E-state index is 6.56. The molecule has 8 rings (SSSR count). The molecule has 216 valence electrons. The van der Waals surface area contributed by atoms with Crippen molar-refractivity contribution in [2.45, 2.75) is 40.0 Å². The minimum atomic E-state index is 0.0135. The molecular weight excluding hydrogens is 528 g/mol. The van der Waals surface area contributed by atoms with E-state index < -0.39 is 0 Å². The Morgan fingerprint density at radius 2 is 1.40 bits per heavy atom. The monoisotopic (exact) mass is 567 g/mol. The Kier molecular flexibility index (Phi) is 6.24. The van der Waals surface area contributed by atoms with Crippen molar-refractivity contribution in [3.8, 4) is 11.5 Å². The van der Waals surface area contributed by atoms with Gasteiger partial charge in [-0.1, -0.05) is 51.1 Å². The molecule has 0 amide bonds. The molecule has 43 heavy (non-hydrogen) atoms. The molecule has 5 aromatic rings. The highest BCUT2D eigenvalue weighted by Crippen LogP contribution is 2.61. The van der Waals surface area contributed by atoms with E-state index in [0.717, 1.165) is 44.3 Å². The van der Waals surface area contributed by atoms with Gasteiger partial charge in [-0.25, -0.2) is 4.98 Å². The van der Waals surface area contributed by atoms with Crippen molar-refractivity contribution >= 4 is 34.3 Å². The zero-order chi connectivity index (χ0) is 30.0. The van der Waals surface area contributed by atoms with Gasteiger partial charge in [0, 0.05) is 36.1 Å². The lowest BCUT2D eigenvalue weighted by Crippen LogP contribution is -2.68. The molecule has 2 bridgehead atoms. The van der Waals surface area contributed by atoms with Gasteiger partial charge < -0.3 is 9.22 Å². The van der Waals surface area contributed by atoms with Crippen LogP contribution in [0.25, 0.3) is 0 Å². The minimum absolute atomic E-state index is 0.0135. The summed E-state index contributed by atoms with van der Waals surface area (Å²) in [5.74, 6) is 2.48. The molecule has 4 heterocycles. The van der Waals surface area contributed by atoms with Gasteiger partial charge in [-0.2, -0.15) is 0 Å². The Morgan fingerprint density at radius 3 is 2.12 bits per heavy atom. The van der Waals surface area contributed by atoms with Gasteiger partial charge in [-0.05, 0) is 84.5 Å². The standard InChI is InChI=1S/C38H39N4O/c1-27-20-35-36(21-28(27)2)42(25-41(35,6)26-42)32-15-11-17-34(24-32)43-33-16-10-14-31(23-33)40(30-12-8-7-9-13-30)37-22-29(18-19-39-37)38(3,4)5/h7-25H,26H2,1-6H3/q+1/t41-,42+/m0/s1. The highest BCUT2D eigenvalue weighted by Gasteiger charge is 2.59. The number of rotatable bonds is 6. The van der Waals surface area contributed by atoms with E-state index in [2.05, 4.69) is 132 Å². The number of ether oxygens (including phenoxy) is 1. The van der Waals surface area contributed by atoms with Gasteiger partial charge in [-0.15, -0.1) is 0 Å². The summed E-state index contributed by atoms with van der Waals surface area (Å²) in [5.41, 5.74) is 9.95. The van der Waals surface area contributed by atoms with Crippen molar-refractivity contribution in [3.05, 3.63) is 133 Å². The molecule has 3 aliphatic heterocycles. The first-order valence-corrected chi connectivity index (χ1v) is 15.0. The Labute approximate surface area is 255 Å². The number of anilines is 3. The molecule has 3 aliphatic rings. The zero-order valence-corrected chi connectivity index (χ0v) is 25.9. The molecule has 0 radical (unpaired) electrons. The molecule has 0 N–H and O–H groups in total. The lowest BCUT2D eigenvalue weighted by molar-refractivity contribution is 0.157. The van der Waals surface area contributed by atoms with Crippen LogP contribution in [0.15, 0.2) is 109 Å². The number of hydrogen-bond donors (Lipinski definition) is 0. The summed E-state index contributed by atoms with van der Waals surface area (Å²) in [7, 11) is 2.30. The average molecular weight is 568 g/mol. The second-order valence-electron chi connectivity index (χ2n) is 13.2. The number of pyridine rings is 1. The van der Waals surface area contributed by atoms with E-state index in [-0.39, 0.29) is 5.41 Å². The third kappa shape index (κ3) is 4.60. The minimum Gasteiger partial charge on any atom is -0.457 e. The number of aromatic nitrogens is 1. The summed E-state index contributed by atoms with van der Waals surface area (Å²) in [6.07, 6.45) is 1.90. The van der Waals surface area contributed by atoms with Crippen molar-refractivity contribution in [1.29, 1.82) is 0 Å². The normalized spacial score (nSPS) is 20.3. The summed E-state index contributed by atoms with van der Waals surface area (Å²) < 4.78 is 8.18. The Bertz CT molecular complexity index is 1830. The molecule has 1 aromatic heterocycles. The van der Waals surface area contributed by atoms with E-state index in [4.69, 9.17) is 9.72 Å². The second-order valence-corrected chi connectivity index (χ2v) is 13.2. The van der Waals surface area contributed by atoms with Gasteiger partial charge in [0.1, 0.15) is 23.0 Å². The molecule has 5 heteroatoms. The molecule has 2 atom stereocenters. The lowest BCUT2D eigenvalue weighted by Gasteiger charge is -2.54. The fourth-order valence-electron chi connectivity index (χ4n) is 6.57. The molecule has 5 nitrogen and oxygen atoms in total. The molecule has 1 fully saturated rings. The van der Waals surface area contributed by atoms with E-state index in [1.54, 1.807) is 0 Å². The van der Waals surface area contributed by atoms with E-state index in [9.17, 15) is 0 Å². The molecule has 0 saturated carbocycles. The molecule has 1 saturated heterocycles. The first-order valence-electron chi connectivity index (χ1n) is 15.0. The van der Waals surface area contributed by atoms with E-state index >= 15 is 0 Å². The Balaban J connectivity index is 1.23. The van der Waals surface area contributed by atoms with Crippen LogP contribution in [0.5, 0.6) is 11.5 Å². The highest BCUT2D eigenvalue weighted by atomic mass is 16.5. The van der Waals surface area contributed by atoms with Crippen molar-refractivity contribution in [2.75, 3.05) is 18.6 Å². The van der Waals surface area contributed by atoms with Crippen LogP contribution in [0, 0.1) is 20.5 Å². The fourth-order valence-corrected chi connectivity index (χ4v) is 6.57. The smallest absolute Gasteiger partial charge is 0.181 e. The van der Waals surface area contributed by atoms with Crippen LogP contribution in [-0.2, 0) is 5.41 Å². The number of aryl methyl sites for hydroxylation is 2. The van der Waals surface area contributed by atoms with Crippen LogP contribution in [0.1, 0.15) is 37.5 Å². The predicted molar refractivity (Wildman–Crippen MR) is 178 cm³/mol. The average Bonchev–Trinajstić information content (AvgIpc) is 3.35. The largest absolute Gasteiger partial charge is 0.457 e. The van der Waals surface area contributed by atoms with E-state index in [1.165, 1.54) is 33.8 Å². The maximum absolute atomic E-state index is 6.56. The van der Waals surface area contributed by atoms with E-state index in [1.807, 2.05) is 30.5 Å². The topological polar surface area (TPSA) is 25.4 Å². The summed E-state index contributed by atoms with van der Waals surface area (Å²) in [5, 5.41) is 0. The maximum Gasteiger partial charge on any atom is 0.181 e. The van der Waals surface area contributed by atoms with Crippen molar-refractivity contribution in [1.82, 2.24) is 14.0 Å². The molecule has 0 unspecified atom stereocenters. The number of para-hydroxylation sites is 1. The van der Waals surface area contributed by atoms with Crippen LogP contribution in [0.2, 0.25) is 0 Å². The van der Waals surface area contributed by atoms with Crippen LogP contribution >= 0.6 is 0 Å². The molecule has 0 spiro atoms. The summed E-state index contributed by atoms with van der Waals surface area (Å²) >= 11 is 0. The predicted octanol–water partition coefficient (Wildman–Crippen LogP) is 9.94. The third-order valence-corrected chi connectivity index (χ3v) is 8.98. The van der Waals surface area contributed by atoms with Gasteiger partial charge in [0.05, 0.1) is 19.4 Å². The SMILES string of the molecule is Cc1cc2c(cc1C)[N@@+]1(C)[CH-][N@+]2(c2cccc(Oc3cccc(N(c4ccccc4)c4cc(C(C)(C)C)ccn4)c3)c2)C1. The quantitative estimate of drug-likeness (QED) is 0.151. The zero-order valence-electron chi connectivity index (χ0n) is 25.9. The van der Waals surface area contributed by atoms with Crippen molar-refractivity contribution < 1.29 is 4.74 Å². The molecular formula is C38H39N4O+. The van der Waals surface area contributed by atoms with Gasteiger partial charge in [0.2, 0.25) is 0 Å². The van der Waals surface area contributed by atoms with Crippen LogP contribution in [0.4, 0.5) is 34.3 Å². The number of quaternary nitrogens is 2. The van der Waals surface area contributed by atoms with Crippen LogP contribution in [0.3, 0.4) is 0 Å². The Morgan fingerprint density at radius 1 is 0.744 bits per heavy atom. The van der Waals surface area contributed by atoms with Crippen molar-refractivity contribution in [2.24, 2.45) is 0 Å². The Hall–Kier alpha value is -4.45. The first-order chi connectivity index (χ1) is 20.6. The summed E-state index contributed by atoms with van der Waals surface area (Å²) in [6, 6.07) is 36.3. The van der Waals surface area contributed by atoms with Crippen LogP contribution < -0.4 is 18.6 Å². The lowest BCUT2D eigenvalue weighted by atomic mass is 9.88. The van der Waals surface area contributed by atoms with Gasteiger partial charge in [0.25, 0.3) is 0 Å².